The summed E-state index contributed by atoms with van der Waals surface area (Å²) in [5.74, 6) is 0.427. The van der Waals surface area contributed by atoms with Gasteiger partial charge in [-0.25, -0.2) is 4.79 Å². The van der Waals surface area contributed by atoms with Crippen molar-refractivity contribution in [3.63, 3.8) is 0 Å². The number of thiophene rings is 1. The summed E-state index contributed by atoms with van der Waals surface area (Å²) >= 11 is 1.38. The summed E-state index contributed by atoms with van der Waals surface area (Å²) in [6.45, 7) is 11.8. The first kappa shape index (κ1) is 15.2. The lowest BCUT2D eigenvalue weighted by Crippen LogP contribution is -2.30. The van der Waals surface area contributed by atoms with Gasteiger partial charge in [-0.15, -0.1) is 11.3 Å². The Bertz CT molecular complexity index is 375. The quantitative estimate of drug-likeness (QED) is 0.822. The topological polar surface area (TPSA) is 40.5 Å². The maximum absolute atomic E-state index is 10.9. The van der Waals surface area contributed by atoms with Crippen LogP contribution in [-0.2, 0) is 6.54 Å². The van der Waals surface area contributed by atoms with E-state index in [-0.39, 0.29) is 0 Å². The van der Waals surface area contributed by atoms with E-state index in [4.69, 9.17) is 5.11 Å². The molecule has 0 unspecified atom stereocenters. The molecule has 1 N–H and O–H groups in total. The maximum Gasteiger partial charge on any atom is 0.345 e. The summed E-state index contributed by atoms with van der Waals surface area (Å²) in [6.07, 6.45) is 0. The number of rotatable bonds is 7. The number of carboxylic acids is 1. The number of hydrogen-bond donors (Lipinski definition) is 1. The second kappa shape index (κ2) is 6.90. The summed E-state index contributed by atoms with van der Waals surface area (Å²) in [5.41, 5.74) is 0. The molecule has 0 atom stereocenters. The van der Waals surface area contributed by atoms with Gasteiger partial charge in [-0.05, 0) is 24.0 Å². The molecule has 0 saturated heterocycles. The fourth-order valence-corrected chi connectivity index (χ4v) is 2.92. The zero-order valence-corrected chi connectivity index (χ0v) is 12.5. The molecule has 0 bridgehead atoms. The van der Waals surface area contributed by atoms with E-state index in [1.165, 1.54) is 11.3 Å². The first-order valence-electron chi connectivity index (χ1n) is 6.42. The lowest BCUT2D eigenvalue weighted by molar-refractivity contribution is 0.0702. The van der Waals surface area contributed by atoms with Gasteiger partial charge in [0, 0.05) is 24.5 Å². The predicted molar refractivity (Wildman–Crippen MR) is 76.2 cm³/mol. The molecule has 1 heterocycles. The molecule has 0 aliphatic heterocycles. The Labute approximate surface area is 113 Å². The molecule has 0 aliphatic rings. The number of hydrogen-bond acceptors (Lipinski definition) is 3. The average Bonchev–Trinajstić information content (AvgIpc) is 2.63. The van der Waals surface area contributed by atoms with Crippen molar-refractivity contribution < 1.29 is 9.90 Å². The largest absolute Gasteiger partial charge is 0.477 e. The molecule has 0 aliphatic carbocycles. The zero-order valence-electron chi connectivity index (χ0n) is 11.6. The van der Waals surface area contributed by atoms with Crippen LogP contribution in [0.2, 0.25) is 0 Å². The van der Waals surface area contributed by atoms with E-state index in [1.807, 2.05) is 6.07 Å². The van der Waals surface area contributed by atoms with Gasteiger partial charge in [-0.1, -0.05) is 27.7 Å². The smallest absolute Gasteiger partial charge is 0.345 e. The highest BCUT2D eigenvalue weighted by molar-refractivity contribution is 7.13. The van der Waals surface area contributed by atoms with E-state index >= 15 is 0 Å². The third kappa shape index (κ3) is 5.19. The van der Waals surface area contributed by atoms with Gasteiger partial charge in [0.1, 0.15) is 4.88 Å². The van der Waals surface area contributed by atoms with Gasteiger partial charge in [-0.2, -0.15) is 0 Å². The molecule has 102 valence electrons. The van der Waals surface area contributed by atoms with Crippen LogP contribution in [0, 0.1) is 11.8 Å². The molecule has 18 heavy (non-hydrogen) atoms. The molecule has 1 aromatic heterocycles. The van der Waals surface area contributed by atoms with Crippen molar-refractivity contribution in [1.29, 1.82) is 0 Å². The number of carboxylic acid groups (broad SMARTS) is 1. The fraction of sp³-hybridized carbons (Fsp3) is 0.643. The van der Waals surface area contributed by atoms with Crippen LogP contribution in [0.4, 0.5) is 0 Å². The Hall–Kier alpha value is -0.870. The van der Waals surface area contributed by atoms with Crippen LogP contribution >= 0.6 is 11.3 Å². The van der Waals surface area contributed by atoms with Crippen molar-refractivity contribution in [2.24, 2.45) is 11.8 Å². The third-order valence-electron chi connectivity index (χ3n) is 2.50. The average molecular weight is 269 g/mol. The monoisotopic (exact) mass is 269 g/mol. The summed E-state index contributed by atoms with van der Waals surface area (Å²) in [4.78, 5) is 14.8. The minimum atomic E-state index is -0.828. The Morgan fingerprint density at radius 3 is 2.17 bits per heavy atom. The first-order chi connectivity index (χ1) is 8.38. The minimum absolute atomic E-state index is 0.430. The highest BCUT2D eigenvalue weighted by Gasteiger charge is 2.13. The lowest BCUT2D eigenvalue weighted by atomic mass is 10.1. The van der Waals surface area contributed by atoms with Crippen LogP contribution in [0.5, 0.6) is 0 Å². The van der Waals surface area contributed by atoms with Crippen LogP contribution in [0.3, 0.4) is 0 Å². The summed E-state index contributed by atoms with van der Waals surface area (Å²) in [7, 11) is 0. The minimum Gasteiger partial charge on any atom is -0.477 e. The molecule has 0 spiro atoms. The second-order valence-electron chi connectivity index (χ2n) is 5.55. The number of carbonyl (C=O) groups is 1. The van der Waals surface area contributed by atoms with Crippen molar-refractivity contribution in [3.05, 3.63) is 21.9 Å². The Kier molecular flexibility index (Phi) is 5.82. The molecule has 3 nitrogen and oxygen atoms in total. The summed E-state index contributed by atoms with van der Waals surface area (Å²) < 4.78 is 0. The molecular formula is C14H23NO2S. The van der Waals surface area contributed by atoms with Gasteiger partial charge in [0.25, 0.3) is 0 Å². The van der Waals surface area contributed by atoms with Gasteiger partial charge in [0.05, 0.1) is 0 Å². The number of nitrogens with zero attached hydrogens (tertiary/aromatic N) is 1. The second-order valence-corrected chi connectivity index (χ2v) is 6.72. The normalized spacial score (nSPS) is 11.7. The standard InChI is InChI=1S/C14H23NO2S/c1-10(2)7-15(8-11(3)4)9-12-5-6-13(18-12)14(16)17/h5-6,10-11H,7-9H2,1-4H3,(H,16,17). The summed E-state index contributed by atoms with van der Waals surface area (Å²) in [5, 5.41) is 8.92. The third-order valence-corrected chi connectivity index (χ3v) is 3.56. The van der Waals surface area contributed by atoms with Crippen molar-refractivity contribution in [3.8, 4) is 0 Å². The lowest BCUT2D eigenvalue weighted by Gasteiger charge is -2.25. The molecular weight excluding hydrogens is 246 g/mol. The highest BCUT2D eigenvalue weighted by Crippen LogP contribution is 2.19. The molecule has 0 fully saturated rings. The molecule has 0 saturated carbocycles. The van der Waals surface area contributed by atoms with Crippen molar-refractivity contribution in [2.45, 2.75) is 34.2 Å². The van der Waals surface area contributed by atoms with E-state index in [2.05, 4.69) is 32.6 Å². The van der Waals surface area contributed by atoms with E-state index in [1.54, 1.807) is 6.07 Å². The molecule has 0 radical (unpaired) electrons. The van der Waals surface area contributed by atoms with E-state index in [0.717, 1.165) is 24.5 Å². The van der Waals surface area contributed by atoms with Crippen LogP contribution < -0.4 is 0 Å². The van der Waals surface area contributed by atoms with Gasteiger partial charge < -0.3 is 5.11 Å². The van der Waals surface area contributed by atoms with E-state index < -0.39 is 5.97 Å². The molecule has 0 amide bonds. The van der Waals surface area contributed by atoms with Crippen LogP contribution in [-0.4, -0.2) is 29.1 Å². The molecule has 1 aromatic rings. The molecule has 0 aromatic carbocycles. The van der Waals surface area contributed by atoms with Crippen molar-refractivity contribution in [2.75, 3.05) is 13.1 Å². The van der Waals surface area contributed by atoms with Crippen molar-refractivity contribution >= 4 is 17.3 Å². The van der Waals surface area contributed by atoms with Gasteiger partial charge in [0.2, 0.25) is 0 Å². The molecule has 1 rings (SSSR count). The highest BCUT2D eigenvalue weighted by atomic mass is 32.1. The van der Waals surface area contributed by atoms with Crippen LogP contribution in [0.15, 0.2) is 12.1 Å². The SMILES string of the molecule is CC(C)CN(Cc1ccc(C(=O)O)s1)CC(C)C. The van der Waals surface area contributed by atoms with Crippen LogP contribution in [0.25, 0.3) is 0 Å². The van der Waals surface area contributed by atoms with Crippen molar-refractivity contribution in [1.82, 2.24) is 4.90 Å². The predicted octanol–water partition coefficient (Wildman–Crippen LogP) is 3.56. The first-order valence-corrected chi connectivity index (χ1v) is 7.24. The van der Waals surface area contributed by atoms with Crippen LogP contribution in [0.1, 0.15) is 42.2 Å². The Morgan fingerprint density at radius 1 is 1.22 bits per heavy atom. The Balaban J connectivity index is 2.65. The summed E-state index contributed by atoms with van der Waals surface area (Å²) in [6, 6.07) is 3.63. The van der Waals surface area contributed by atoms with E-state index in [0.29, 0.717) is 16.7 Å². The maximum atomic E-state index is 10.9. The fourth-order valence-electron chi connectivity index (χ4n) is 2.03. The zero-order chi connectivity index (χ0) is 13.7. The Morgan fingerprint density at radius 2 is 1.78 bits per heavy atom. The van der Waals surface area contributed by atoms with E-state index in [9.17, 15) is 4.79 Å². The van der Waals surface area contributed by atoms with Gasteiger partial charge in [0.15, 0.2) is 0 Å². The van der Waals surface area contributed by atoms with Gasteiger partial charge >= 0.3 is 5.97 Å². The van der Waals surface area contributed by atoms with Gasteiger partial charge in [-0.3, -0.25) is 4.90 Å². The number of aromatic carboxylic acids is 1. The molecule has 4 heteroatoms.